The molecule has 0 aromatic heterocycles. The standard InChI is InChI=1S/C29H33Cl2N3O4S/c1-5-21(3)32-29(36)22(4)33(18-23-15-16-25(30)26(31)17-23)28(35)19-34(27-14-10-9-11-20(27)2)39(37,38)24-12-7-6-8-13-24/h6-17,21-22H,5,18-19H2,1-4H3,(H,32,36)/t21-,22-/m1/s1. The molecule has 0 heterocycles. The molecule has 2 atom stereocenters. The number of carbonyl (C=O) groups excluding carboxylic acids is 2. The van der Waals surface area contributed by atoms with Gasteiger partial charge < -0.3 is 10.2 Å². The SMILES string of the molecule is CC[C@@H](C)NC(=O)[C@@H](C)N(Cc1ccc(Cl)c(Cl)c1)C(=O)CN(c1ccccc1C)S(=O)(=O)c1ccccc1. The van der Waals surface area contributed by atoms with Crippen molar-refractivity contribution in [2.75, 3.05) is 10.8 Å². The van der Waals surface area contributed by atoms with Crippen LogP contribution in [0.15, 0.2) is 77.7 Å². The van der Waals surface area contributed by atoms with Gasteiger partial charge in [0.2, 0.25) is 11.8 Å². The van der Waals surface area contributed by atoms with Gasteiger partial charge in [0.1, 0.15) is 12.6 Å². The van der Waals surface area contributed by atoms with Crippen molar-refractivity contribution in [2.24, 2.45) is 0 Å². The smallest absolute Gasteiger partial charge is 0.264 e. The molecule has 208 valence electrons. The summed E-state index contributed by atoms with van der Waals surface area (Å²) in [6.45, 7) is 6.74. The normalized spacial score (nSPS) is 12.9. The predicted molar refractivity (Wildman–Crippen MR) is 157 cm³/mol. The first kappa shape index (κ1) is 30.5. The van der Waals surface area contributed by atoms with E-state index in [0.717, 1.165) is 10.7 Å². The van der Waals surface area contributed by atoms with Crippen LogP contribution in [0.3, 0.4) is 0 Å². The first-order valence-corrected chi connectivity index (χ1v) is 14.8. The molecule has 3 aromatic carbocycles. The molecule has 10 heteroatoms. The highest BCUT2D eigenvalue weighted by Crippen LogP contribution is 2.28. The molecule has 0 unspecified atom stereocenters. The summed E-state index contributed by atoms with van der Waals surface area (Å²) in [5.74, 6) is -0.887. The Hall–Kier alpha value is -3.07. The van der Waals surface area contributed by atoms with Crippen LogP contribution >= 0.6 is 23.2 Å². The van der Waals surface area contributed by atoms with Crippen molar-refractivity contribution in [1.82, 2.24) is 10.2 Å². The van der Waals surface area contributed by atoms with Crippen LogP contribution in [0.25, 0.3) is 0 Å². The van der Waals surface area contributed by atoms with Gasteiger partial charge in [0.05, 0.1) is 20.6 Å². The summed E-state index contributed by atoms with van der Waals surface area (Å²) in [4.78, 5) is 28.5. The van der Waals surface area contributed by atoms with E-state index in [1.54, 1.807) is 74.5 Å². The van der Waals surface area contributed by atoms with E-state index in [-0.39, 0.29) is 23.4 Å². The van der Waals surface area contributed by atoms with E-state index < -0.39 is 28.5 Å². The van der Waals surface area contributed by atoms with Crippen LogP contribution < -0.4 is 9.62 Å². The maximum Gasteiger partial charge on any atom is 0.264 e. The Morgan fingerprint density at radius 3 is 2.18 bits per heavy atom. The zero-order valence-corrected chi connectivity index (χ0v) is 24.7. The second kappa shape index (κ2) is 13.3. The minimum atomic E-state index is -4.11. The van der Waals surface area contributed by atoms with Crippen LogP contribution in [0.5, 0.6) is 0 Å². The zero-order chi connectivity index (χ0) is 28.7. The number of para-hydroxylation sites is 1. The van der Waals surface area contributed by atoms with Crippen molar-refractivity contribution in [1.29, 1.82) is 0 Å². The number of anilines is 1. The van der Waals surface area contributed by atoms with Crippen molar-refractivity contribution in [3.05, 3.63) is 94.0 Å². The lowest BCUT2D eigenvalue weighted by Crippen LogP contribution is -2.52. The number of aryl methyl sites for hydroxylation is 1. The average Bonchev–Trinajstić information content (AvgIpc) is 2.92. The van der Waals surface area contributed by atoms with Crippen molar-refractivity contribution in [3.63, 3.8) is 0 Å². The molecular weight excluding hydrogens is 557 g/mol. The van der Waals surface area contributed by atoms with Crippen LogP contribution in [0.1, 0.15) is 38.3 Å². The summed E-state index contributed by atoms with van der Waals surface area (Å²) in [6.07, 6.45) is 0.718. The number of nitrogens with zero attached hydrogens (tertiary/aromatic N) is 2. The molecule has 0 spiro atoms. The third-order valence-electron chi connectivity index (χ3n) is 6.50. The highest BCUT2D eigenvalue weighted by molar-refractivity contribution is 7.92. The number of rotatable bonds is 11. The number of sulfonamides is 1. The van der Waals surface area contributed by atoms with Crippen LogP contribution in [-0.4, -0.2) is 43.8 Å². The largest absolute Gasteiger partial charge is 0.352 e. The highest BCUT2D eigenvalue weighted by Gasteiger charge is 2.33. The minimum Gasteiger partial charge on any atom is -0.352 e. The number of halogens is 2. The quantitative estimate of drug-likeness (QED) is 0.305. The Morgan fingerprint density at radius 1 is 0.923 bits per heavy atom. The fraction of sp³-hybridized carbons (Fsp3) is 0.310. The van der Waals surface area contributed by atoms with Gasteiger partial charge in [0.15, 0.2) is 0 Å². The number of hydrogen-bond donors (Lipinski definition) is 1. The summed E-state index contributed by atoms with van der Waals surface area (Å²) in [7, 11) is -4.11. The Bertz CT molecular complexity index is 1420. The molecule has 1 N–H and O–H groups in total. The van der Waals surface area contributed by atoms with Crippen molar-refractivity contribution >= 4 is 50.7 Å². The number of amides is 2. The third kappa shape index (κ3) is 7.53. The van der Waals surface area contributed by atoms with E-state index in [4.69, 9.17) is 23.2 Å². The molecule has 3 rings (SSSR count). The van der Waals surface area contributed by atoms with Crippen LogP contribution in [-0.2, 0) is 26.2 Å². The second-order valence-corrected chi connectivity index (χ2v) is 12.1. The molecule has 0 saturated heterocycles. The van der Waals surface area contributed by atoms with Crippen molar-refractivity contribution in [3.8, 4) is 0 Å². The molecule has 0 bridgehead atoms. The fourth-order valence-electron chi connectivity index (χ4n) is 3.96. The molecule has 0 aliphatic heterocycles. The molecule has 3 aromatic rings. The molecular formula is C29H33Cl2N3O4S. The van der Waals surface area contributed by atoms with Gasteiger partial charge in [-0.25, -0.2) is 8.42 Å². The van der Waals surface area contributed by atoms with E-state index in [2.05, 4.69) is 5.32 Å². The summed E-state index contributed by atoms with van der Waals surface area (Å²) < 4.78 is 28.7. The maximum atomic E-state index is 14.0. The van der Waals surface area contributed by atoms with E-state index in [0.29, 0.717) is 26.9 Å². The summed E-state index contributed by atoms with van der Waals surface area (Å²) in [5, 5.41) is 3.58. The Balaban J connectivity index is 2.04. The summed E-state index contributed by atoms with van der Waals surface area (Å²) >= 11 is 12.3. The lowest BCUT2D eigenvalue weighted by Gasteiger charge is -2.33. The highest BCUT2D eigenvalue weighted by atomic mass is 35.5. The van der Waals surface area contributed by atoms with Gasteiger partial charge in [-0.15, -0.1) is 0 Å². The topological polar surface area (TPSA) is 86.8 Å². The number of carbonyl (C=O) groups is 2. The van der Waals surface area contributed by atoms with Crippen molar-refractivity contribution in [2.45, 2.75) is 57.6 Å². The Morgan fingerprint density at radius 2 is 1.56 bits per heavy atom. The van der Waals surface area contributed by atoms with Gasteiger partial charge in [-0.05, 0) is 68.7 Å². The van der Waals surface area contributed by atoms with E-state index >= 15 is 0 Å². The minimum absolute atomic E-state index is 0.0256. The van der Waals surface area contributed by atoms with Crippen LogP contribution in [0, 0.1) is 6.92 Å². The molecule has 7 nitrogen and oxygen atoms in total. The fourth-order valence-corrected chi connectivity index (χ4v) is 5.78. The van der Waals surface area contributed by atoms with E-state index in [1.807, 2.05) is 13.8 Å². The molecule has 2 amide bonds. The zero-order valence-electron chi connectivity index (χ0n) is 22.4. The monoisotopic (exact) mass is 589 g/mol. The predicted octanol–water partition coefficient (Wildman–Crippen LogP) is 5.83. The Kier molecular flexibility index (Phi) is 10.4. The summed E-state index contributed by atoms with van der Waals surface area (Å²) in [6, 6.07) is 18.9. The summed E-state index contributed by atoms with van der Waals surface area (Å²) in [5.41, 5.74) is 1.71. The lowest BCUT2D eigenvalue weighted by atomic mass is 10.1. The Labute approximate surface area is 240 Å². The van der Waals surface area contributed by atoms with Gasteiger partial charge in [-0.2, -0.15) is 0 Å². The third-order valence-corrected chi connectivity index (χ3v) is 9.01. The van der Waals surface area contributed by atoms with Gasteiger partial charge >= 0.3 is 0 Å². The van der Waals surface area contributed by atoms with Gasteiger partial charge in [0.25, 0.3) is 10.0 Å². The molecule has 0 aliphatic carbocycles. The molecule has 39 heavy (non-hydrogen) atoms. The van der Waals surface area contributed by atoms with Crippen LogP contribution in [0.2, 0.25) is 10.0 Å². The van der Waals surface area contributed by atoms with E-state index in [1.165, 1.54) is 17.0 Å². The van der Waals surface area contributed by atoms with E-state index in [9.17, 15) is 18.0 Å². The molecule has 0 saturated carbocycles. The van der Waals surface area contributed by atoms with Gasteiger partial charge in [0, 0.05) is 12.6 Å². The number of nitrogens with one attached hydrogen (secondary N) is 1. The molecule has 0 radical (unpaired) electrons. The number of benzene rings is 3. The molecule has 0 aliphatic rings. The van der Waals surface area contributed by atoms with Gasteiger partial charge in [-0.3, -0.25) is 13.9 Å². The molecule has 0 fully saturated rings. The average molecular weight is 591 g/mol. The van der Waals surface area contributed by atoms with Gasteiger partial charge in [-0.1, -0.05) is 72.6 Å². The first-order valence-electron chi connectivity index (χ1n) is 12.6. The lowest BCUT2D eigenvalue weighted by molar-refractivity contribution is -0.139. The second-order valence-electron chi connectivity index (χ2n) is 9.38. The van der Waals surface area contributed by atoms with Crippen molar-refractivity contribution < 1.29 is 18.0 Å². The number of hydrogen-bond acceptors (Lipinski definition) is 4. The maximum absolute atomic E-state index is 14.0. The first-order chi connectivity index (χ1) is 18.4. The van der Waals surface area contributed by atoms with Crippen LogP contribution in [0.4, 0.5) is 5.69 Å².